The van der Waals surface area contributed by atoms with Crippen molar-refractivity contribution in [1.82, 2.24) is 0 Å². The molecule has 1 aliphatic carbocycles. The lowest BCUT2D eigenvalue weighted by molar-refractivity contribution is -0.138. The molecular weight excluding hydrogens is 388 g/mol. The zero-order chi connectivity index (χ0) is 19.8. The van der Waals surface area contributed by atoms with Crippen molar-refractivity contribution in [2.75, 3.05) is 7.11 Å². The van der Waals surface area contributed by atoms with Crippen molar-refractivity contribution in [3.8, 4) is 17.2 Å². The fourth-order valence-electron chi connectivity index (χ4n) is 2.86. The average molecular weight is 402 g/mol. The summed E-state index contributed by atoms with van der Waals surface area (Å²) in [5.41, 5.74) is -1.56. The summed E-state index contributed by atoms with van der Waals surface area (Å²) in [6, 6.07) is 7.53. The van der Waals surface area contributed by atoms with Crippen molar-refractivity contribution >= 4 is 13.6 Å². The summed E-state index contributed by atoms with van der Waals surface area (Å²) in [4.78, 5) is 22.0. The molecule has 0 aliphatic heterocycles. The molecule has 0 bridgehead atoms. The molecule has 1 N–H and O–H groups in total. The molecular formula is C17H14F3O6P. The molecule has 0 saturated carbocycles. The number of methoxy groups -OCH3 is 1. The van der Waals surface area contributed by atoms with Crippen LogP contribution in [0.25, 0.3) is 0 Å². The molecule has 6 nitrogen and oxygen atoms in total. The first-order valence-electron chi connectivity index (χ1n) is 7.73. The molecule has 0 radical (unpaired) electrons. The molecule has 144 valence electrons. The number of carbonyl (C=O) groups is 1. The number of rotatable bonds is 5. The fraction of sp³-hybridized carbons (Fsp3) is 0.235. The van der Waals surface area contributed by atoms with E-state index >= 15 is 0 Å². The molecule has 10 heteroatoms. The Morgan fingerprint density at radius 2 is 1.63 bits per heavy atom. The molecule has 2 aromatic rings. The minimum absolute atomic E-state index is 0.0966. The summed E-state index contributed by atoms with van der Waals surface area (Å²) < 4.78 is 66.6. The third-order valence-electron chi connectivity index (χ3n) is 3.96. The zero-order valence-corrected chi connectivity index (χ0v) is 14.8. The van der Waals surface area contributed by atoms with Crippen LogP contribution < -0.4 is 13.8 Å². The van der Waals surface area contributed by atoms with Gasteiger partial charge in [0.05, 0.1) is 18.2 Å². The number of hydrogen-bond donors (Lipinski definition) is 1. The second-order valence-electron chi connectivity index (χ2n) is 5.69. The third kappa shape index (κ3) is 3.94. The molecule has 0 spiro atoms. The van der Waals surface area contributed by atoms with E-state index in [1.54, 1.807) is 6.07 Å². The Morgan fingerprint density at radius 1 is 1.00 bits per heavy atom. The number of para-hydroxylation sites is 2. The van der Waals surface area contributed by atoms with Crippen LogP contribution in [-0.2, 0) is 17.2 Å². The Hall–Kier alpha value is -2.51. The number of ether oxygens (including phenoxy) is 1. The first-order chi connectivity index (χ1) is 12.6. The van der Waals surface area contributed by atoms with Crippen molar-refractivity contribution in [2.24, 2.45) is 0 Å². The van der Waals surface area contributed by atoms with Gasteiger partial charge >= 0.3 is 14.0 Å². The fourth-order valence-corrected chi connectivity index (χ4v) is 3.70. The largest absolute Gasteiger partial charge is 0.585 e. The number of phosphoric ester groups is 1. The lowest BCUT2D eigenvalue weighted by Gasteiger charge is -2.18. The third-order valence-corrected chi connectivity index (χ3v) is 4.81. The molecule has 2 aromatic carbocycles. The number of carbonyl (C=O) groups excluding carboxylic acids is 1. The highest BCUT2D eigenvalue weighted by Crippen LogP contribution is 2.50. The molecule has 0 heterocycles. The quantitative estimate of drug-likeness (QED) is 0.747. The van der Waals surface area contributed by atoms with Crippen LogP contribution in [0.4, 0.5) is 13.2 Å². The average Bonchev–Trinajstić information content (AvgIpc) is 2.96. The van der Waals surface area contributed by atoms with Crippen LogP contribution in [0, 0.1) is 0 Å². The van der Waals surface area contributed by atoms with E-state index in [0.717, 1.165) is 12.1 Å². The smallest absolute Gasteiger partial charge is 0.493 e. The monoisotopic (exact) mass is 402 g/mol. The van der Waals surface area contributed by atoms with E-state index < -0.39 is 31.1 Å². The van der Waals surface area contributed by atoms with E-state index in [1.165, 1.54) is 25.3 Å². The van der Waals surface area contributed by atoms with Crippen molar-refractivity contribution in [3.63, 3.8) is 0 Å². The molecule has 0 amide bonds. The molecule has 3 rings (SSSR count). The summed E-state index contributed by atoms with van der Waals surface area (Å²) in [6.45, 7) is 0. The minimum atomic E-state index is -4.80. The predicted molar refractivity (Wildman–Crippen MR) is 88.2 cm³/mol. The number of ketones is 1. The topological polar surface area (TPSA) is 82.1 Å². The molecule has 1 aliphatic rings. The number of hydrogen-bond acceptors (Lipinski definition) is 5. The van der Waals surface area contributed by atoms with Crippen LogP contribution >= 0.6 is 7.82 Å². The second-order valence-corrected chi connectivity index (χ2v) is 6.99. The Labute approximate surface area is 152 Å². The standard InChI is InChI=1S/C17H14F3O6P/c1-24-13-4-2-3-5-14(13)25-27(22,23)26-15-9-7-11(17(18,19)20)10-6-8-12(21)16(10)15/h2-5,7,9H,6,8H2,1H3,(H,22,23). The SMILES string of the molecule is COc1ccccc1OP(=O)(O)Oc1ccc(C(F)(F)F)c2c1C(=O)CC2. The van der Waals surface area contributed by atoms with Gasteiger partial charge in [0.1, 0.15) is 5.75 Å². The van der Waals surface area contributed by atoms with Crippen molar-refractivity contribution < 1.29 is 41.2 Å². The van der Waals surface area contributed by atoms with Gasteiger partial charge in [-0.05, 0) is 36.2 Å². The van der Waals surface area contributed by atoms with Gasteiger partial charge in [0.25, 0.3) is 0 Å². The molecule has 27 heavy (non-hydrogen) atoms. The highest BCUT2D eigenvalue weighted by Gasteiger charge is 2.40. The molecule has 1 unspecified atom stereocenters. The molecule has 0 saturated heterocycles. The lowest BCUT2D eigenvalue weighted by Crippen LogP contribution is -2.11. The van der Waals surface area contributed by atoms with Gasteiger partial charge in [0, 0.05) is 6.42 Å². The maximum Gasteiger partial charge on any atom is 0.585 e. The van der Waals surface area contributed by atoms with E-state index in [1.807, 2.05) is 0 Å². The van der Waals surface area contributed by atoms with Gasteiger partial charge in [0.15, 0.2) is 17.3 Å². The summed E-state index contributed by atoms with van der Waals surface area (Å²) >= 11 is 0. The Kier molecular flexibility index (Phi) is 4.92. The van der Waals surface area contributed by atoms with E-state index in [0.29, 0.717) is 0 Å². The van der Waals surface area contributed by atoms with Gasteiger partial charge in [-0.3, -0.25) is 9.69 Å². The normalized spacial score (nSPS) is 15.8. The van der Waals surface area contributed by atoms with Gasteiger partial charge < -0.3 is 13.8 Å². The van der Waals surface area contributed by atoms with Gasteiger partial charge in [-0.25, -0.2) is 4.57 Å². The number of benzene rings is 2. The highest BCUT2D eigenvalue weighted by atomic mass is 31.2. The van der Waals surface area contributed by atoms with Gasteiger partial charge in [-0.2, -0.15) is 13.2 Å². The Balaban J connectivity index is 1.95. The van der Waals surface area contributed by atoms with Crippen molar-refractivity contribution in [3.05, 3.63) is 53.1 Å². The van der Waals surface area contributed by atoms with Gasteiger partial charge in [-0.15, -0.1) is 0 Å². The van der Waals surface area contributed by atoms with Crippen molar-refractivity contribution in [1.29, 1.82) is 0 Å². The number of phosphoric acid groups is 1. The minimum Gasteiger partial charge on any atom is -0.493 e. The van der Waals surface area contributed by atoms with E-state index in [2.05, 4.69) is 0 Å². The van der Waals surface area contributed by atoms with E-state index in [4.69, 9.17) is 13.8 Å². The summed E-state index contributed by atoms with van der Waals surface area (Å²) in [6.07, 6.45) is -4.91. The van der Waals surface area contributed by atoms with Crippen LogP contribution in [-0.4, -0.2) is 17.8 Å². The maximum absolute atomic E-state index is 13.1. The number of fused-ring (bicyclic) bond motifs is 1. The molecule has 0 aromatic heterocycles. The van der Waals surface area contributed by atoms with Gasteiger partial charge in [-0.1, -0.05) is 12.1 Å². The molecule has 1 atom stereocenters. The van der Waals surface area contributed by atoms with Crippen LogP contribution in [0.2, 0.25) is 0 Å². The van der Waals surface area contributed by atoms with E-state index in [9.17, 15) is 27.4 Å². The highest BCUT2D eigenvalue weighted by molar-refractivity contribution is 7.48. The van der Waals surface area contributed by atoms with Crippen LogP contribution in [0.15, 0.2) is 36.4 Å². The predicted octanol–water partition coefficient (Wildman–Crippen LogP) is 4.40. The summed E-state index contributed by atoms with van der Waals surface area (Å²) in [7, 11) is -3.48. The van der Waals surface area contributed by atoms with Gasteiger partial charge in [0.2, 0.25) is 0 Å². The number of halogens is 3. The Bertz CT molecular complexity index is 941. The molecule has 0 fully saturated rings. The lowest BCUT2D eigenvalue weighted by atomic mass is 10.0. The van der Waals surface area contributed by atoms with E-state index in [-0.39, 0.29) is 35.5 Å². The maximum atomic E-state index is 13.1. The summed E-state index contributed by atoms with van der Waals surface area (Å²) in [5, 5.41) is 0. The number of Topliss-reactive ketones (excluding diaryl/α,β-unsaturated/α-hetero) is 1. The van der Waals surface area contributed by atoms with Crippen LogP contribution in [0.5, 0.6) is 17.2 Å². The number of alkyl halides is 3. The zero-order valence-electron chi connectivity index (χ0n) is 13.9. The Morgan fingerprint density at radius 3 is 2.26 bits per heavy atom. The second kappa shape index (κ2) is 6.90. The first kappa shape index (κ1) is 19.3. The summed E-state index contributed by atoms with van der Waals surface area (Å²) in [5.74, 6) is -0.963. The first-order valence-corrected chi connectivity index (χ1v) is 9.23. The van der Waals surface area contributed by atoms with Crippen molar-refractivity contribution in [2.45, 2.75) is 19.0 Å². The van der Waals surface area contributed by atoms with Crippen LogP contribution in [0.1, 0.15) is 27.9 Å². The van der Waals surface area contributed by atoms with Crippen LogP contribution in [0.3, 0.4) is 0 Å².